The van der Waals surface area contributed by atoms with Gasteiger partial charge in [-0.15, -0.1) is 0 Å². The van der Waals surface area contributed by atoms with Gasteiger partial charge >= 0.3 is 18.3 Å². The Hall–Kier alpha value is -2.52. The quantitative estimate of drug-likeness (QED) is 0.604. The zero-order chi connectivity index (χ0) is 18.3. The topological polar surface area (TPSA) is 56.5 Å². The average molecular weight is 354 g/mol. The molecule has 0 saturated heterocycles. The summed E-state index contributed by atoms with van der Waals surface area (Å²) in [4.78, 5) is 23.8. The minimum absolute atomic E-state index is 0.323. The van der Waals surface area contributed by atoms with Crippen molar-refractivity contribution < 1.29 is 40.3 Å². The van der Waals surface area contributed by atoms with E-state index in [9.17, 15) is 35.9 Å². The van der Waals surface area contributed by atoms with Crippen LogP contribution >= 0.6 is 0 Å². The van der Waals surface area contributed by atoms with Gasteiger partial charge in [0, 0.05) is 0 Å². The highest BCUT2D eigenvalue weighted by atomic mass is 19.4. The fourth-order valence-electron chi connectivity index (χ4n) is 1.96. The molecule has 0 radical (unpaired) electrons. The Balaban J connectivity index is 2.87. The fraction of sp³-hybridized carbons (Fsp3) is 0.286. The summed E-state index contributed by atoms with van der Waals surface area (Å²) in [6.45, 7) is 0.950. The van der Waals surface area contributed by atoms with Crippen molar-refractivity contribution in [1.29, 1.82) is 0 Å². The minimum atomic E-state index is -5.21. The Labute approximate surface area is 129 Å². The van der Waals surface area contributed by atoms with Crippen LogP contribution in [0.1, 0.15) is 28.6 Å². The summed E-state index contributed by atoms with van der Waals surface area (Å²) in [7, 11) is 0. The molecule has 0 unspecified atom stereocenters. The molecule has 130 valence electrons. The van der Waals surface area contributed by atoms with Gasteiger partial charge in [0.05, 0.1) is 17.6 Å². The van der Waals surface area contributed by atoms with E-state index in [0.717, 1.165) is 0 Å². The third kappa shape index (κ3) is 3.22. The molecule has 2 rings (SSSR count). The molecule has 0 aliphatic heterocycles. The van der Waals surface area contributed by atoms with Crippen LogP contribution < -0.4 is 5.43 Å². The molecule has 24 heavy (non-hydrogen) atoms. The first-order valence-corrected chi connectivity index (χ1v) is 6.39. The van der Waals surface area contributed by atoms with E-state index < -0.39 is 51.6 Å². The van der Waals surface area contributed by atoms with Gasteiger partial charge in [0.25, 0.3) is 0 Å². The van der Waals surface area contributed by atoms with E-state index in [1.165, 1.54) is 6.92 Å². The van der Waals surface area contributed by atoms with Gasteiger partial charge in [-0.3, -0.25) is 4.79 Å². The van der Waals surface area contributed by atoms with Crippen LogP contribution in [0.4, 0.5) is 26.3 Å². The van der Waals surface area contributed by atoms with Crippen LogP contribution in [0.15, 0.2) is 27.4 Å². The molecule has 2 aromatic rings. The summed E-state index contributed by atoms with van der Waals surface area (Å²) < 4.78 is 85.9. The van der Waals surface area contributed by atoms with E-state index >= 15 is 0 Å². The lowest BCUT2D eigenvalue weighted by atomic mass is 10.1. The SMILES string of the molecule is CCOC(=O)c1c(C(F)(F)F)oc2ccc(C(F)(F)F)cc2c1=O. The predicted octanol–water partition coefficient (Wildman–Crippen LogP) is 4.01. The number of hydrogen-bond acceptors (Lipinski definition) is 4. The summed E-state index contributed by atoms with van der Waals surface area (Å²) in [5, 5.41) is -0.805. The van der Waals surface area contributed by atoms with Gasteiger partial charge in [-0.2, -0.15) is 26.3 Å². The molecule has 1 aromatic carbocycles. The van der Waals surface area contributed by atoms with Crippen molar-refractivity contribution in [2.45, 2.75) is 19.3 Å². The highest BCUT2D eigenvalue weighted by Crippen LogP contribution is 2.35. The second-order valence-corrected chi connectivity index (χ2v) is 4.56. The third-order valence-corrected chi connectivity index (χ3v) is 2.95. The molecule has 1 heterocycles. The maximum Gasteiger partial charge on any atom is 0.450 e. The lowest BCUT2D eigenvalue weighted by molar-refractivity contribution is -0.153. The number of esters is 1. The average Bonchev–Trinajstić information content (AvgIpc) is 2.44. The second-order valence-electron chi connectivity index (χ2n) is 4.56. The molecule has 0 aliphatic carbocycles. The number of carbonyl (C=O) groups is 1. The van der Waals surface area contributed by atoms with Crippen molar-refractivity contribution in [2.75, 3.05) is 6.61 Å². The summed E-state index contributed by atoms with van der Waals surface area (Å²) in [5.74, 6) is -3.55. The number of fused-ring (bicyclic) bond motifs is 1. The Morgan fingerprint density at radius 1 is 1.12 bits per heavy atom. The lowest BCUT2D eigenvalue weighted by Gasteiger charge is -2.12. The van der Waals surface area contributed by atoms with E-state index in [1.807, 2.05) is 0 Å². The Bertz CT molecular complexity index is 847. The van der Waals surface area contributed by atoms with E-state index in [4.69, 9.17) is 0 Å². The molecule has 0 bridgehead atoms. The Morgan fingerprint density at radius 2 is 1.75 bits per heavy atom. The minimum Gasteiger partial charge on any atom is -0.462 e. The van der Waals surface area contributed by atoms with E-state index in [0.29, 0.717) is 18.2 Å². The Kier molecular flexibility index (Phi) is 4.34. The standard InChI is InChI=1S/C14H8F6O4/c1-2-23-12(22)9-10(21)7-5-6(13(15,16)17)3-4-8(7)24-11(9)14(18,19)20/h3-5H,2H2,1H3. The van der Waals surface area contributed by atoms with Crippen molar-refractivity contribution in [3.63, 3.8) is 0 Å². The van der Waals surface area contributed by atoms with Gasteiger partial charge < -0.3 is 9.15 Å². The Morgan fingerprint density at radius 3 is 2.25 bits per heavy atom. The van der Waals surface area contributed by atoms with Gasteiger partial charge in [0.1, 0.15) is 5.58 Å². The zero-order valence-corrected chi connectivity index (χ0v) is 11.8. The van der Waals surface area contributed by atoms with Gasteiger partial charge in [-0.1, -0.05) is 0 Å². The number of hydrogen-bond donors (Lipinski definition) is 0. The van der Waals surface area contributed by atoms with Crippen LogP contribution in [0.5, 0.6) is 0 Å². The summed E-state index contributed by atoms with van der Waals surface area (Å²) in [6, 6.07) is 1.38. The zero-order valence-electron chi connectivity index (χ0n) is 11.8. The number of benzene rings is 1. The molecule has 0 amide bonds. The number of alkyl halides is 6. The van der Waals surface area contributed by atoms with Crippen LogP contribution in [0.3, 0.4) is 0 Å². The van der Waals surface area contributed by atoms with Crippen molar-refractivity contribution in [1.82, 2.24) is 0 Å². The fourth-order valence-corrected chi connectivity index (χ4v) is 1.96. The van der Waals surface area contributed by atoms with Gasteiger partial charge in [0.2, 0.25) is 11.2 Å². The normalized spacial score (nSPS) is 12.5. The lowest BCUT2D eigenvalue weighted by Crippen LogP contribution is -2.25. The molecule has 0 fully saturated rings. The van der Waals surface area contributed by atoms with E-state index in [2.05, 4.69) is 9.15 Å². The molecular formula is C14H8F6O4. The van der Waals surface area contributed by atoms with Gasteiger partial charge in [-0.05, 0) is 25.1 Å². The first-order valence-electron chi connectivity index (χ1n) is 6.39. The molecule has 1 aromatic heterocycles. The van der Waals surface area contributed by atoms with Crippen LogP contribution in [-0.4, -0.2) is 12.6 Å². The van der Waals surface area contributed by atoms with Crippen molar-refractivity contribution >= 4 is 16.9 Å². The number of carbonyl (C=O) groups excluding carboxylic acids is 1. The molecule has 0 spiro atoms. The maximum absolute atomic E-state index is 13.0. The molecule has 0 N–H and O–H groups in total. The van der Waals surface area contributed by atoms with Gasteiger partial charge in [-0.25, -0.2) is 4.79 Å². The van der Waals surface area contributed by atoms with Crippen molar-refractivity contribution in [3.05, 3.63) is 45.3 Å². The van der Waals surface area contributed by atoms with Crippen molar-refractivity contribution in [3.8, 4) is 0 Å². The van der Waals surface area contributed by atoms with Crippen LogP contribution in [-0.2, 0) is 17.1 Å². The largest absolute Gasteiger partial charge is 0.462 e. The number of ether oxygens (including phenoxy) is 1. The molecule has 0 atom stereocenters. The molecule has 0 saturated carbocycles. The van der Waals surface area contributed by atoms with Crippen LogP contribution in [0.2, 0.25) is 0 Å². The maximum atomic E-state index is 13.0. The van der Waals surface area contributed by atoms with Crippen molar-refractivity contribution in [2.24, 2.45) is 0 Å². The second kappa shape index (κ2) is 5.84. The molecule has 0 aliphatic rings. The van der Waals surface area contributed by atoms with Gasteiger partial charge in [0.15, 0.2) is 5.56 Å². The highest BCUT2D eigenvalue weighted by Gasteiger charge is 2.42. The van der Waals surface area contributed by atoms with E-state index in [1.54, 1.807) is 0 Å². The summed E-state index contributed by atoms with van der Waals surface area (Å²) >= 11 is 0. The third-order valence-electron chi connectivity index (χ3n) is 2.95. The first-order chi connectivity index (χ1) is 11.0. The van der Waals surface area contributed by atoms with Crippen LogP contribution in [0.25, 0.3) is 11.0 Å². The smallest absolute Gasteiger partial charge is 0.450 e. The monoisotopic (exact) mass is 354 g/mol. The predicted molar refractivity (Wildman–Crippen MR) is 68.4 cm³/mol. The molecule has 4 nitrogen and oxygen atoms in total. The molecular weight excluding hydrogens is 346 g/mol. The van der Waals surface area contributed by atoms with E-state index in [-0.39, 0.29) is 6.61 Å². The van der Waals surface area contributed by atoms with Crippen LogP contribution in [0, 0.1) is 0 Å². The summed E-state index contributed by atoms with van der Waals surface area (Å²) in [6.07, 6.45) is -10.0. The number of rotatable bonds is 2. The molecule has 10 heteroatoms. The summed E-state index contributed by atoms with van der Waals surface area (Å²) in [5.41, 5.74) is -5.03. The highest BCUT2D eigenvalue weighted by molar-refractivity contribution is 5.94. The first kappa shape index (κ1) is 17.8. The number of halogens is 6.